The monoisotopic (exact) mass is 289 g/mol. The lowest BCUT2D eigenvalue weighted by Crippen LogP contribution is -2.27. The topological polar surface area (TPSA) is 29.5 Å². The average Bonchev–Trinajstić information content (AvgIpc) is 2.42. The number of esters is 1. The van der Waals surface area contributed by atoms with Gasteiger partial charge in [-0.05, 0) is 18.2 Å². The molecule has 0 N–H and O–H groups in total. The third-order valence-corrected chi connectivity index (χ3v) is 3.02. The van der Waals surface area contributed by atoms with Crippen molar-refractivity contribution >= 4 is 5.97 Å². The summed E-state index contributed by atoms with van der Waals surface area (Å²) in [6, 6.07) is 5.49. The number of carbonyl (C=O) groups excluding carboxylic acids is 1. The predicted molar refractivity (Wildman–Crippen MR) is 69.0 cm³/mol. The molecule has 1 aromatic rings. The van der Waals surface area contributed by atoms with Gasteiger partial charge in [0, 0.05) is 13.1 Å². The van der Waals surface area contributed by atoms with E-state index in [1.807, 2.05) is 6.92 Å². The van der Waals surface area contributed by atoms with Crippen molar-refractivity contribution in [3.8, 4) is 0 Å². The fraction of sp³-hybridized carbons (Fsp3) is 0.500. The second kappa shape index (κ2) is 7.28. The van der Waals surface area contributed by atoms with Crippen LogP contribution in [-0.4, -0.2) is 31.1 Å². The Hall–Kier alpha value is -1.56. The molecule has 6 heteroatoms. The summed E-state index contributed by atoms with van der Waals surface area (Å²) in [5, 5.41) is 0. The molecule has 112 valence electrons. The summed E-state index contributed by atoms with van der Waals surface area (Å²) in [7, 11) is 1.29. The van der Waals surface area contributed by atoms with E-state index >= 15 is 0 Å². The lowest BCUT2D eigenvalue weighted by molar-refractivity contribution is -0.141. The molecular formula is C14H18F3NO2. The number of hydrogen-bond acceptors (Lipinski definition) is 3. The Bertz CT molecular complexity index is 446. The minimum absolute atomic E-state index is 0.156. The van der Waals surface area contributed by atoms with Crippen molar-refractivity contribution in [1.29, 1.82) is 0 Å². The molecule has 0 atom stereocenters. The number of rotatable bonds is 6. The third-order valence-electron chi connectivity index (χ3n) is 3.02. The van der Waals surface area contributed by atoms with Gasteiger partial charge < -0.3 is 4.74 Å². The molecule has 0 aliphatic carbocycles. The highest BCUT2D eigenvalue weighted by Gasteiger charge is 2.33. The van der Waals surface area contributed by atoms with Gasteiger partial charge in [0.25, 0.3) is 0 Å². The molecular weight excluding hydrogens is 271 g/mol. The summed E-state index contributed by atoms with van der Waals surface area (Å²) >= 11 is 0. The first kappa shape index (κ1) is 16.5. The highest BCUT2D eigenvalue weighted by molar-refractivity contribution is 5.69. The standard InChI is InChI=1S/C14H18F3NO2/c1-3-18(9-8-13(19)20-2)10-11-6-4-5-7-12(11)14(15,16)17/h4-7H,3,8-10H2,1-2H3. The van der Waals surface area contributed by atoms with Crippen molar-refractivity contribution < 1.29 is 22.7 Å². The van der Waals surface area contributed by atoms with Gasteiger partial charge in [-0.1, -0.05) is 25.1 Å². The van der Waals surface area contributed by atoms with Gasteiger partial charge in [-0.2, -0.15) is 13.2 Å². The maximum absolute atomic E-state index is 12.9. The summed E-state index contributed by atoms with van der Waals surface area (Å²) < 4.78 is 43.2. The Morgan fingerprint density at radius 2 is 1.95 bits per heavy atom. The molecule has 3 nitrogen and oxygen atoms in total. The van der Waals surface area contributed by atoms with Gasteiger partial charge in [-0.25, -0.2) is 0 Å². The molecule has 0 aromatic heterocycles. The summed E-state index contributed by atoms with van der Waals surface area (Å²) in [6.45, 7) is 2.93. The third kappa shape index (κ3) is 4.85. The maximum atomic E-state index is 12.9. The Kier molecular flexibility index (Phi) is 6.01. The molecule has 0 bridgehead atoms. The molecule has 0 saturated carbocycles. The molecule has 20 heavy (non-hydrogen) atoms. The first-order chi connectivity index (χ1) is 9.38. The van der Waals surface area contributed by atoms with Gasteiger partial charge in [-0.15, -0.1) is 0 Å². The number of halogens is 3. The number of hydrogen-bond donors (Lipinski definition) is 0. The van der Waals surface area contributed by atoms with Crippen molar-refractivity contribution in [1.82, 2.24) is 4.90 Å². The van der Waals surface area contributed by atoms with Crippen molar-refractivity contribution in [2.75, 3.05) is 20.2 Å². The molecule has 0 amide bonds. The van der Waals surface area contributed by atoms with E-state index in [0.717, 1.165) is 6.07 Å². The zero-order valence-corrected chi connectivity index (χ0v) is 11.5. The van der Waals surface area contributed by atoms with Gasteiger partial charge >= 0.3 is 12.1 Å². The van der Waals surface area contributed by atoms with Crippen LogP contribution in [0, 0.1) is 0 Å². The van der Waals surface area contributed by atoms with Gasteiger partial charge in [0.15, 0.2) is 0 Å². The van der Waals surface area contributed by atoms with E-state index in [4.69, 9.17) is 0 Å². The van der Waals surface area contributed by atoms with E-state index in [-0.39, 0.29) is 24.5 Å². The Morgan fingerprint density at radius 1 is 1.30 bits per heavy atom. The Morgan fingerprint density at radius 3 is 2.50 bits per heavy atom. The van der Waals surface area contributed by atoms with E-state index in [2.05, 4.69) is 4.74 Å². The molecule has 0 unspecified atom stereocenters. The fourth-order valence-corrected chi connectivity index (χ4v) is 1.88. The SMILES string of the molecule is CCN(CCC(=O)OC)Cc1ccccc1C(F)(F)F. The Balaban J connectivity index is 2.77. The minimum atomic E-state index is -4.36. The van der Waals surface area contributed by atoms with E-state index in [1.54, 1.807) is 11.0 Å². The van der Waals surface area contributed by atoms with E-state index in [1.165, 1.54) is 19.2 Å². The van der Waals surface area contributed by atoms with Crippen molar-refractivity contribution in [2.24, 2.45) is 0 Å². The smallest absolute Gasteiger partial charge is 0.416 e. The first-order valence-electron chi connectivity index (χ1n) is 6.32. The largest absolute Gasteiger partial charge is 0.469 e. The minimum Gasteiger partial charge on any atom is -0.469 e. The van der Waals surface area contributed by atoms with Crippen LogP contribution in [0.15, 0.2) is 24.3 Å². The average molecular weight is 289 g/mol. The van der Waals surface area contributed by atoms with Gasteiger partial charge in [-0.3, -0.25) is 9.69 Å². The van der Waals surface area contributed by atoms with Crippen molar-refractivity contribution in [2.45, 2.75) is 26.1 Å². The van der Waals surface area contributed by atoms with Crippen LogP contribution in [0.2, 0.25) is 0 Å². The van der Waals surface area contributed by atoms with Crippen LogP contribution < -0.4 is 0 Å². The quantitative estimate of drug-likeness (QED) is 0.754. The van der Waals surface area contributed by atoms with Crippen LogP contribution in [0.4, 0.5) is 13.2 Å². The molecule has 0 heterocycles. The molecule has 0 spiro atoms. The number of methoxy groups -OCH3 is 1. The van der Waals surface area contributed by atoms with Crippen LogP contribution in [0.5, 0.6) is 0 Å². The van der Waals surface area contributed by atoms with Crippen LogP contribution in [0.1, 0.15) is 24.5 Å². The van der Waals surface area contributed by atoms with E-state index < -0.39 is 11.7 Å². The summed E-state index contributed by atoms with van der Waals surface area (Å²) in [5.74, 6) is -0.368. The van der Waals surface area contributed by atoms with E-state index in [0.29, 0.717) is 13.1 Å². The van der Waals surface area contributed by atoms with E-state index in [9.17, 15) is 18.0 Å². The first-order valence-corrected chi connectivity index (χ1v) is 6.32. The molecule has 0 fully saturated rings. The molecule has 0 aliphatic heterocycles. The van der Waals surface area contributed by atoms with Gasteiger partial charge in [0.2, 0.25) is 0 Å². The number of alkyl halides is 3. The zero-order valence-electron chi connectivity index (χ0n) is 11.5. The second-order valence-electron chi connectivity index (χ2n) is 4.35. The van der Waals surface area contributed by atoms with Crippen molar-refractivity contribution in [3.63, 3.8) is 0 Å². The van der Waals surface area contributed by atoms with Crippen LogP contribution in [-0.2, 0) is 22.3 Å². The van der Waals surface area contributed by atoms with Crippen molar-refractivity contribution in [3.05, 3.63) is 35.4 Å². The predicted octanol–water partition coefficient (Wildman–Crippen LogP) is 3.09. The number of carbonyl (C=O) groups is 1. The number of nitrogens with zero attached hydrogens (tertiary/aromatic N) is 1. The highest BCUT2D eigenvalue weighted by atomic mass is 19.4. The maximum Gasteiger partial charge on any atom is 0.416 e. The second-order valence-corrected chi connectivity index (χ2v) is 4.35. The van der Waals surface area contributed by atoms with Gasteiger partial charge in [0.1, 0.15) is 0 Å². The summed E-state index contributed by atoms with van der Waals surface area (Å²) in [4.78, 5) is 12.9. The lowest BCUT2D eigenvalue weighted by atomic mass is 10.1. The van der Waals surface area contributed by atoms with Gasteiger partial charge in [0.05, 0.1) is 19.1 Å². The Labute approximate surface area is 116 Å². The van der Waals surface area contributed by atoms with Crippen LogP contribution in [0.25, 0.3) is 0 Å². The fourth-order valence-electron chi connectivity index (χ4n) is 1.88. The lowest BCUT2D eigenvalue weighted by Gasteiger charge is -2.22. The molecule has 1 rings (SSSR count). The molecule has 0 radical (unpaired) electrons. The number of benzene rings is 1. The molecule has 0 saturated heterocycles. The normalized spacial score (nSPS) is 11.7. The number of ether oxygens (including phenoxy) is 1. The van der Waals surface area contributed by atoms with Crippen LogP contribution >= 0.6 is 0 Å². The van der Waals surface area contributed by atoms with Crippen LogP contribution in [0.3, 0.4) is 0 Å². The molecule has 0 aliphatic rings. The highest BCUT2D eigenvalue weighted by Crippen LogP contribution is 2.32. The summed E-state index contributed by atoms with van der Waals surface area (Å²) in [5.41, 5.74) is -0.414. The molecule has 1 aromatic carbocycles. The summed E-state index contributed by atoms with van der Waals surface area (Å²) in [6.07, 6.45) is -4.20. The zero-order chi connectivity index (χ0) is 15.2.